The third kappa shape index (κ3) is 3.99. The summed E-state index contributed by atoms with van der Waals surface area (Å²) in [5, 5.41) is 11.3. The summed E-state index contributed by atoms with van der Waals surface area (Å²) in [5.74, 6) is 0.330. The van der Waals surface area contributed by atoms with E-state index in [2.05, 4.69) is 15.5 Å². The number of nitrogens with zero attached hydrogens (tertiary/aromatic N) is 4. The lowest BCUT2D eigenvalue weighted by molar-refractivity contribution is -0.123. The van der Waals surface area contributed by atoms with E-state index in [0.29, 0.717) is 43.2 Å². The molecule has 152 valence electrons. The van der Waals surface area contributed by atoms with Crippen LogP contribution in [0.5, 0.6) is 0 Å². The zero-order valence-corrected chi connectivity index (χ0v) is 16.5. The minimum absolute atomic E-state index is 0.190. The van der Waals surface area contributed by atoms with Crippen LogP contribution in [0.15, 0.2) is 42.6 Å². The lowest BCUT2D eigenvalue weighted by Crippen LogP contribution is -2.44. The number of hydrogen-bond donors (Lipinski definition) is 1. The SMILES string of the molecule is CC(C)c1nnc2ccc(NC(=O)C(c3ccccc3F)N3CCOCC3)cn12. The van der Waals surface area contributed by atoms with Gasteiger partial charge in [-0.25, -0.2) is 4.39 Å². The highest BCUT2D eigenvalue weighted by Gasteiger charge is 2.31. The molecule has 1 N–H and O–H groups in total. The highest BCUT2D eigenvalue weighted by Crippen LogP contribution is 2.26. The standard InChI is InChI=1S/C21H24FN5O2/c1-14(2)20-25-24-18-8-7-15(13-27(18)20)23-21(28)19(26-9-11-29-12-10-26)16-5-3-4-6-17(16)22/h3-8,13-14,19H,9-12H2,1-2H3,(H,23,28). The topological polar surface area (TPSA) is 71.8 Å². The van der Waals surface area contributed by atoms with Gasteiger partial charge in [0.25, 0.3) is 0 Å². The van der Waals surface area contributed by atoms with E-state index in [-0.39, 0.29) is 11.8 Å². The van der Waals surface area contributed by atoms with Crippen molar-refractivity contribution in [3.05, 3.63) is 59.8 Å². The Kier molecular flexibility index (Phi) is 5.55. The predicted molar refractivity (Wildman–Crippen MR) is 107 cm³/mol. The second-order valence-corrected chi connectivity index (χ2v) is 7.42. The summed E-state index contributed by atoms with van der Waals surface area (Å²) >= 11 is 0. The number of carbonyl (C=O) groups excluding carboxylic acids is 1. The van der Waals surface area contributed by atoms with Crippen molar-refractivity contribution < 1.29 is 13.9 Å². The molecule has 3 heterocycles. The molecule has 1 aromatic carbocycles. The van der Waals surface area contributed by atoms with E-state index >= 15 is 0 Å². The fourth-order valence-corrected chi connectivity index (χ4v) is 3.62. The van der Waals surface area contributed by atoms with Crippen LogP contribution in [0.25, 0.3) is 5.65 Å². The summed E-state index contributed by atoms with van der Waals surface area (Å²) < 4.78 is 21.8. The van der Waals surface area contributed by atoms with Crippen LogP contribution in [-0.2, 0) is 9.53 Å². The third-order valence-electron chi connectivity index (χ3n) is 5.07. The number of halogens is 1. The Bertz CT molecular complexity index is 1010. The summed E-state index contributed by atoms with van der Waals surface area (Å²) in [7, 11) is 0. The van der Waals surface area contributed by atoms with E-state index < -0.39 is 11.9 Å². The molecule has 0 spiro atoms. The van der Waals surface area contributed by atoms with Gasteiger partial charge >= 0.3 is 0 Å². The second-order valence-electron chi connectivity index (χ2n) is 7.42. The first-order valence-corrected chi connectivity index (χ1v) is 9.76. The molecule has 0 aliphatic carbocycles. The first-order valence-electron chi connectivity index (χ1n) is 9.76. The molecule has 2 aromatic heterocycles. The van der Waals surface area contributed by atoms with Crippen LogP contribution in [0, 0.1) is 5.82 Å². The number of benzene rings is 1. The lowest BCUT2D eigenvalue weighted by atomic mass is 10.0. The highest BCUT2D eigenvalue weighted by atomic mass is 19.1. The Balaban J connectivity index is 1.65. The number of carbonyl (C=O) groups is 1. The van der Waals surface area contributed by atoms with Crippen molar-refractivity contribution in [1.29, 1.82) is 0 Å². The van der Waals surface area contributed by atoms with Crippen molar-refractivity contribution in [2.45, 2.75) is 25.8 Å². The number of nitrogens with one attached hydrogen (secondary N) is 1. The van der Waals surface area contributed by atoms with E-state index in [4.69, 9.17) is 4.74 Å². The number of fused-ring (bicyclic) bond motifs is 1. The van der Waals surface area contributed by atoms with E-state index in [1.807, 2.05) is 23.1 Å². The third-order valence-corrected chi connectivity index (χ3v) is 5.07. The molecule has 0 radical (unpaired) electrons. The van der Waals surface area contributed by atoms with Crippen LogP contribution < -0.4 is 5.32 Å². The quantitative estimate of drug-likeness (QED) is 0.717. The Hall–Kier alpha value is -2.84. The molecular formula is C21H24FN5O2. The van der Waals surface area contributed by atoms with Crippen LogP contribution in [0.3, 0.4) is 0 Å². The van der Waals surface area contributed by atoms with Gasteiger partial charge in [0.05, 0.1) is 18.9 Å². The Labute approximate surface area is 168 Å². The molecule has 1 amide bonds. The molecule has 1 fully saturated rings. The molecule has 1 atom stereocenters. The van der Waals surface area contributed by atoms with E-state index in [0.717, 1.165) is 5.82 Å². The van der Waals surface area contributed by atoms with Crippen molar-refractivity contribution in [3.8, 4) is 0 Å². The number of anilines is 1. The number of ether oxygens (including phenoxy) is 1. The molecular weight excluding hydrogens is 373 g/mol. The van der Waals surface area contributed by atoms with Crippen LogP contribution in [-0.4, -0.2) is 51.7 Å². The maximum absolute atomic E-state index is 14.5. The zero-order valence-electron chi connectivity index (χ0n) is 16.5. The van der Waals surface area contributed by atoms with Crippen molar-refractivity contribution in [2.24, 2.45) is 0 Å². The summed E-state index contributed by atoms with van der Waals surface area (Å²) in [6.07, 6.45) is 1.81. The van der Waals surface area contributed by atoms with E-state index in [9.17, 15) is 9.18 Å². The van der Waals surface area contributed by atoms with Crippen molar-refractivity contribution in [3.63, 3.8) is 0 Å². The predicted octanol–water partition coefficient (Wildman–Crippen LogP) is 3.00. The van der Waals surface area contributed by atoms with Gasteiger partial charge in [-0.05, 0) is 18.2 Å². The largest absolute Gasteiger partial charge is 0.379 e. The Morgan fingerprint density at radius 1 is 1.14 bits per heavy atom. The first kappa shape index (κ1) is 19.5. The summed E-state index contributed by atoms with van der Waals surface area (Å²) in [6.45, 7) is 6.23. The maximum atomic E-state index is 14.5. The number of morpholine rings is 1. The molecule has 7 nitrogen and oxygen atoms in total. The zero-order chi connectivity index (χ0) is 20.4. The van der Waals surface area contributed by atoms with Gasteiger partial charge in [-0.3, -0.25) is 14.1 Å². The molecule has 4 rings (SSSR count). The molecule has 1 aliphatic heterocycles. The van der Waals surface area contributed by atoms with Crippen molar-refractivity contribution in [2.75, 3.05) is 31.6 Å². The summed E-state index contributed by atoms with van der Waals surface area (Å²) in [4.78, 5) is 15.2. The second kappa shape index (κ2) is 8.26. The summed E-state index contributed by atoms with van der Waals surface area (Å²) in [5.41, 5.74) is 1.68. The highest BCUT2D eigenvalue weighted by molar-refractivity contribution is 5.95. The van der Waals surface area contributed by atoms with Gasteiger partial charge in [-0.15, -0.1) is 10.2 Å². The van der Waals surface area contributed by atoms with Crippen LogP contribution in [0.1, 0.15) is 37.2 Å². The first-order chi connectivity index (χ1) is 14.0. The van der Waals surface area contributed by atoms with Crippen molar-refractivity contribution >= 4 is 17.2 Å². The van der Waals surface area contributed by atoms with Crippen molar-refractivity contribution in [1.82, 2.24) is 19.5 Å². The van der Waals surface area contributed by atoms with Gasteiger partial charge in [-0.1, -0.05) is 32.0 Å². The Morgan fingerprint density at radius 2 is 1.90 bits per heavy atom. The van der Waals surface area contributed by atoms with Gasteiger partial charge in [0.15, 0.2) is 5.65 Å². The minimum atomic E-state index is -0.735. The lowest BCUT2D eigenvalue weighted by Gasteiger charge is -2.33. The van der Waals surface area contributed by atoms with Gasteiger partial charge in [-0.2, -0.15) is 0 Å². The number of rotatable bonds is 5. The van der Waals surface area contributed by atoms with E-state index in [1.54, 1.807) is 36.5 Å². The number of amides is 1. The molecule has 1 saturated heterocycles. The van der Waals surface area contributed by atoms with Gasteiger partial charge < -0.3 is 10.1 Å². The number of hydrogen-bond acceptors (Lipinski definition) is 5. The molecule has 29 heavy (non-hydrogen) atoms. The van der Waals surface area contributed by atoms with Gasteiger partial charge in [0.1, 0.15) is 17.7 Å². The fraction of sp³-hybridized carbons (Fsp3) is 0.381. The molecule has 3 aromatic rings. The minimum Gasteiger partial charge on any atom is -0.379 e. The molecule has 1 aliphatic rings. The van der Waals surface area contributed by atoms with Gasteiger partial charge in [0.2, 0.25) is 5.91 Å². The Morgan fingerprint density at radius 3 is 2.62 bits per heavy atom. The van der Waals surface area contributed by atoms with Crippen LogP contribution in [0.4, 0.5) is 10.1 Å². The smallest absolute Gasteiger partial charge is 0.246 e. The molecule has 0 saturated carbocycles. The van der Waals surface area contributed by atoms with Crippen LogP contribution in [0.2, 0.25) is 0 Å². The van der Waals surface area contributed by atoms with Gasteiger partial charge in [0, 0.05) is 30.8 Å². The average Bonchev–Trinajstić information content (AvgIpc) is 3.14. The van der Waals surface area contributed by atoms with Crippen LogP contribution >= 0.6 is 0 Å². The number of aromatic nitrogens is 3. The monoisotopic (exact) mass is 397 g/mol. The fourth-order valence-electron chi connectivity index (χ4n) is 3.62. The number of pyridine rings is 1. The molecule has 1 unspecified atom stereocenters. The summed E-state index contributed by atoms with van der Waals surface area (Å²) in [6, 6.07) is 9.27. The molecule has 8 heteroatoms. The maximum Gasteiger partial charge on any atom is 0.246 e. The van der Waals surface area contributed by atoms with E-state index in [1.165, 1.54) is 6.07 Å². The average molecular weight is 397 g/mol. The normalized spacial score (nSPS) is 16.3. The molecule has 0 bridgehead atoms.